The smallest absolute Gasteiger partial charge is 0.338 e. The first-order valence-electron chi connectivity index (χ1n) is 11.5. The number of likely N-dealkylation sites (N-methyl/N-ethyl adjacent to an activating group) is 1. The fraction of sp³-hybridized carbons (Fsp3) is 0.542. The van der Waals surface area contributed by atoms with Gasteiger partial charge in [-0.3, -0.25) is 14.6 Å². The summed E-state index contributed by atoms with van der Waals surface area (Å²) in [5, 5.41) is 2.91. The molecular formula is C24H34N4O7. The molecular weight excluding hydrogens is 456 g/mol. The van der Waals surface area contributed by atoms with E-state index >= 15 is 0 Å². The summed E-state index contributed by atoms with van der Waals surface area (Å²) in [4.78, 5) is 43.6. The second kappa shape index (κ2) is 11.9. The van der Waals surface area contributed by atoms with Crippen LogP contribution in [0.4, 0.5) is 4.79 Å². The number of amides is 3. The third-order valence-electron chi connectivity index (χ3n) is 6.15. The number of carbonyl (C=O) groups excluding carboxylic acids is 3. The lowest BCUT2D eigenvalue weighted by Gasteiger charge is -2.39. The number of ether oxygens (including phenoxy) is 4. The molecule has 3 rings (SSSR count). The number of esters is 1. The maximum atomic E-state index is 13.2. The van der Waals surface area contributed by atoms with Crippen LogP contribution in [0.5, 0.6) is 11.5 Å². The number of nitrogens with one attached hydrogen (secondary N) is 1. The summed E-state index contributed by atoms with van der Waals surface area (Å²) in [5.41, 5.74) is 1.54. The van der Waals surface area contributed by atoms with Crippen molar-refractivity contribution in [2.24, 2.45) is 0 Å². The Bertz CT molecular complexity index is 950. The van der Waals surface area contributed by atoms with Gasteiger partial charge in [0.25, 0.3) is 0 Å². The van der Waals surface area contributed by atoms with E-state index < -0.39 is 12.0 Å². The van der Waals surface area contributed by atoms with Crippen LogP contribution in [-0.2, 0) is 19.1 Å². The molecule has 3 amide bonds. The highest BCUT2D eigenvalue weighted by molar-refractivity contribution is 5.95. The minimum absolute atomic E-state index is 0.0484. The second-order valence-electron chi connectivity index (χ2n) is 8.26. The SMILES string of the molecule is CCOC(=O)C1=C(CN2CCN(C(=O)COC)CC2)N(C)C(=O)N[C@@H]1c1cc(OC)cc(OC)c1. The zero-order valence-electron chi connectivity index (χ0n) is 21.0. The third-order valence-corrected chi connectivity index (χ3v) is 6.15. The molecule has 11 heteroatoms. The molecule has 0 unspecified atom stereocenters. The lowest BCUT2D eigenvalue weighted by atomic mass is 9.93. The van der Waals surface area contributed by atoms with Gasteiger partial charge in [-0.15, -0.1) is 0 Å². The predicted octanol–water partition coefficient (Wildman–Crippen LogP) is 1.01. The van der Waals surface area contributed by atoms with Gasteiger partial charge in [0.1, 0.15) is 18.1 Å². The topological polar surface area (TPSA) is 110 Å². The number of rotatable bonds is 9. The van der Waals surface area contributed by atoms with Gasteiger partial charge in [0.15, 0.2) is 0 Å². The summed E-state index contributed by atoms with van der Waals surface area (Å²) in [7, 11) is 6.20. The van der Waals surface area contributed by atoms with Crippen molar-refractivity contribution in [2.45, 2.75) is 13.0 Å². The van der Waals surface area contributed by atoms with Crippen LogP contribution < -0.4 is 14.8 Å². The number of methoxy groups -OCH3 is 3. The maximum absolute atomic E-state index is 13.2. The Morgan fingerprint density at radius 1 is 1.03 bits per heavy atom. The van der Waals surface area contributed by atoms with Crippen molar-refractivity contribution in [2.75, 3.05) is 74.3 Å². The van der Waals surface area contributed by atoms with E-state index in [0.717, 1.165) is 0 Å². The van der Waals surface area contributed by atoms with Gasteiger partial charge >= 0.3 is 12.0 Å². The third kappa shape index (κ3) is 6.04. The van der Waals surface area contributed by atoms with Gasteiger partial charge in [-0.1, -0.05) is 0 Å². The highest BCUT2D eigenvalue weighted by Crippen LogP contribution is 2.35. The van der Waals surface area contributed by atoms with Crippen LogP contribution in [0.25, 0.3) is 0 Å². The molecule has 1 aromatic rings. The minimum atomic E-state index is -0.749. The molecule has 1 atom stereocenters. The van der Waals surface area contributed by atoms with E-state index in [1.165, 1.54) is 26.2 Å². The van der Waals surface area contributed by atoms with E-state index in [1.54, 1.807) is 37.1 Å². The van der Waals surface area contributed by atoms with E-state index in [4.69, 9.17) is 18.9 Å². The molecule has 0 bridgehead atoms. The van der Waals surface area contributed by atoms with Crippen LogP contribution in [0.2, 0.25) is 0 Å². The molecule has 0 radical (unpaired) electrons. The molecule has 35 heavy (non-hydrogen) atoms. The van der Waals surface area contributed by atoms with Crippen LogP contribution in [0.1, 0.15) is 18.5 Å². The number of hydrogen-bond acceptors (Lipinski definition) is 8. The number of nitrogens with zero attached hydrogens (tertiary/aromatic N) is 3. The van der Waals surface area contributed by atoms with E-state index in [1.807, 2.05) is 0 Å². The van der Waals surface area contributed by atoms with Crippen molar-refractivity contribution in [3.05, 3.63) is 35.0 Å². The van der Waals surface area contributed by atoms with Gasteiger partial charge < -0.3 is 29.2 Å². The summed E-state index contributed by atoms with van der Waals surface area (Å²) in [5.74, 6) is 0.512. The summed E-state index contributed by atoms with van der Waals surface area (Å²) < 4.78 is 21.1. The fourth-order valence-electron chi connectivity index (χ4n) is 4.23. The second-order valence-corrected chi connectivity index (χ2v) is 8.26. The quantitative estimate of drug-likeness (QED) is 0.511. The van der Waals surface area contributed by atoms with Crippen LogP contribution in [0, 0.1) is 0 Å². The lowest BCUT2D eigenvalue weighted by Crippen LogP contribution is -2.53. The Balaban J connectivity index is 1.96. The zero-order valence-corrected chi connectivity index (χ0v) is 21.0. The van der Waals surface area contributed by atoms with E-state index in [2.05, 4.69) is 10.2 Å². The molecule has 2 aliphatic rings. The summed E-state index contributed by atoms with van der Waals surface area (Å²) >= 11 is 0. The Labute approximate surface area is 205 Å². The minimum Gasteiger partial charge on any atom is -0.497 e. The van der Waals surface area contributed by atoms with Crippen LogP contribution in [0.3, 0.4) is 0 Å². The van der Waals surface area contributed by atoms with Crippen molar-refractivity contribution in [1.29, 1.82) is 0 Å². The molecule has 1 N–H and O–H groups in total. The Morgan fingerprint density at radius 2 is 1.66 bits per heavy atom. The Hall–Kier alpha value is -3.31. The zero-order chi connectivity index (χ0) is 25.5. The highest BCUT2D eigenvalue weighted by Gasteiger charge is 2.38. The first-order valence-corrected chi connectivity index (χ1v) is 11.5. The predicted molar refractivity (Wildman–Crippen MR) is 127 cm³/mol. The average molecular weight is 491 g/mol. The highest BCUT2D eigenvalue weighted by atomic mass is 16.5. The number of hydrogen-bond donors (Lipinski definition) is 1. The molecule has 192 valence electrons. The van der Waals surface area contributed by atoms with Crippen molar-refractivity contribution < 1.29 is 33.3 Å². The number of benzene rings is 1. The van der Waals surface area contributed by atoms with Gasteiger partial charge in [-0.2, -0.15) is 0 Å². The van der Waals surface area contributed by atoms with E-state index in [0.29, 0.717) is 61.1 Å². The first kappa shape index (κ1) is 26.3. The van der Waals surface area contributed by atoms with E-state index in [9.17, 15) is 14.4 Å². The molecule has 0 spiro atoms. The largest absolute Gasteiger partial charge is 0.497 e. The molecule has 0 aliphatic carbocycles. The van der Waals surface area contributed by atoms with E-state index in [-0.39, 0.29) is 25.2 Å². The molecule has 1 aromatic carbocycles. The molecule has 11 nitrogen and oxygen atoms in total. The number of piperazine rings is 1. The van der Waals surface area contributed by atoms with Crippen LogP contribution in [-0.4, -0.2) is 107 Å². The van der Waals surface area contributed by atoms with Gasteiger partial charge in [-0.25, -0.2) is 9.59 Å². The van der Waals surface area contributed by atoms with Crippen molar-refractivity contribution in [3.63, 3.8) is 0 Å². The monoisotopic (exact) mass is 490 g/mol. The standard InChI is InChI=1S/C24H34N4O7/c1-6-35-23(30)21-19(14-27-7-9-28(10-8-27)20(29)15-32-3)26(2)24(31)25-22(21)16-11-17(33-4)13-18(12-16)34-5/h11-13,22H,6-10,14-15H2,1-5H3,(H,25,31)/t22-/m1/s1. The lowest BCUT2D eigenvalue weighted by molar-refractivity contribution is -0.139. The molecule has 0 saturated carbocycles. The molecule has 2 aliphatic heterocycles. The van der Waals surface area contributed by atoms with Gasteiger partial charge in [0.05, 0.1) is 32.4 Å². The molecule has 1 saturated heterocycles. The first-order chi connectivity index (χ1) is 16.8. The fourth-order valence-corrected chi connectivity index (χ4v) is 4.23. The Kier molecular flexibility index (Phi) is 8.94. The number of carbonyl (C=O) groups is 3. The van der Waals surface area contributed by atoms with Gasteiger partial charge in [-0.05, 0) is 24.6 Å². The Morgan fingerprint density at radius 3 is 2.20 bits per heavy atom. The van der Waals surface area contributed by atoms with Crippen molar-refractivity contribution in [1.82, 2.24) is 20.0 Å². The van der Waals surface area contributed by atoms with Gasteiger partial charge in [0, 0.05) is 58.6 Å². The van der Waals surface area contributed by atoms with Crippen molar-refractivity contribution in [3.8, 4) is 11.5 Å². The van der Waals surface area contributed by atoms with Gasteiger partial charge in [0.2, 0.25) is 5.91 Å². The van der Waals surface area contributed by atoms with Crippen LogP contribution >= 0.6 is 0 Å². The average Bonchev–Trinajstić information content (AvgIpc) is 2.86. The van der Waals surface area contributed by atoms with Crippen molar-refractivity contribution >= 4 is 17.9 Å². The summed E-state index contributed by atoms with van der Waals surface area (Å²) in [6.07, 6.45) is 0. The summed E-state index contributed by atoms with van der Waals surface area (Å²) in [6, 6.07) is 4.15. The van der Waals surface area contributed by atoms with Crippen LogP contribution in [0.15, 0.2) is 29.5 Å². The normalized spacial score (nSPS) is 18.9. The molecule has 0 aromatic heterocycles. The number of urea groups is 1. The molecule has 1 fully saturated rings. The molecule has 2 heterocycles. The maximum Gasteiger partial charge on any atom is 0.338 e. The summed E-state index contributed by atoms with van der Waals surface area (Å²) in [6.45, 7) is 4.61.